The maximum Gasteiger partial charge on any atom is 0.231 e. The molecule has 0 saturated carbocycles. The highest BCUT2D eigenvalue weighted by atomic mass is 19.1. The SMILES string of the molecule is Fc1ccc(-c2[nH]c3cc4c(cc3c2Cn2ccnc2)OCO4)cc1. The smallest absolute Gasteiger partial charge is 0.231 e. The molecule has 0 saturated heterocycles. The molecule has 0 spiro atoms. The van der Waals surface area contributed by atoms with Crippen LogP contribution >= 0.6 is 0 Å². The van der Waals surface area contributed by atoms with Crippen LogP contribution in [0, 0.1) is 5.82 Å². The first-order valence-corrected chi connectivity index (χ1v) is 7.94. The summed E-state index contributed by atoms with van der Waals surface area (Å²) >= 11 is 0. The van der Waals surface area contributed by atoms with Crippen molar-refractivity contribution in [1.82, 2.24) is 14.5 Å². The molecule has 1 N–H and O–H groups in total. The summed E-state index contributed by atoms with van der Waals surface area (Å²) in [4.78, 5) is 7.56. The molecule has 0 radical (unpaired) electrons. The number of H-pyrrole nitrogens is 1. The Labute approximate surface area is 142 Å². The predicted molar refractivity (Wildman–Crippen MR) is 91.1 cm³/mol. The molecule has 4 aromatic rings. The minimum absolute atomic E-state index is 0.240. The lowest BCUT2D eigenvalue weighted by atomic mass is 10.0. The number of imidazole rings is 1. The van der Waals surface area contributed by atoms with Gasteiger partial charge in [0.2, 0.25) is 6.79 Å². The molecule has 2 aromatic carbocycles. The van der Waals surface area contributed by atoms with E-state index in [0.717, 1.165) is 39.2 Å². The highest BCUT2D eigenvalue weighted by Gasteiger charge is 2.20. The van der Waals surface area contributed by atoms with E-state index in [0.29, 0.717) is 6.54 Å². The molecular formula is C19H14FN3O2. The Hall–Kier alpha value is -3.28. The number of hydrogen-bond donors (Lipinski definition) is 1. The number of nitrogens with one attached hydrogen (secondary N) is 1. The average molecular weight is 335 g/mol. The molecule has 0 aliphatic carbocycles. The zero-order valence-corrected chi connectivity index (χ0v) is 13.2. The van der Waals surface area contributed by atoms with Crippen molar-refractivity contribution in [3.63, 3.8) is 0 Å². The van der Waals surface area contributed by atoms with Crippen LogP contribution in [0.15, 0.2) is 55.1 Å². The molecule has 2 aromatic heterocycles. The van der Waals surface area contributed by atoms with Crippen LogP contribution < -0.4 is 9.47 Å². The van der Waals surface area contributed by atoms with Gasteiger partial charge in [-0.25, -0.2) is 9.37 Å². The summed E-state index contributed by atoms with van der Waals surface area (Å²) in [6.45, 7) is 0.885. The van der Waals surface area contributed by atoms with Crippen LogP contribution in [0.25, 0.3) is 22.2 Å². The molecule has 0 unspecified atom stereocenters. The van der Waals surface area contributed by atoms with E-state index in [4.69, 9.17) is 9.47 Å². The van der Waals surface area contributed by atoms with Crippen molar-refractivity contribution in [2.75, 3.05) is 6.79 Å². The number of halogens is 1. The molecular weight excluding hydrogens is 321 g/mol. The lowest BCUT2D eigenvalue weighted by Gasteiger charge is -2.07. The van der Waals surface area contributed by atoms with E-state index in [1.54, 1.807) is 24.7 Å². The number of nitrogens with zero attached hydrogens (tertiary/aromatic N) is 2. The van der Waals surface area contributed by atoms with Gasteiger partial charge in [0.15, 0.2) is 11.5 Å². The normalized spacial score (nSPS) is 12.8. The van der Waals surface area contributed by atoms with Gasteiger partial charge in [-0.3, -0.25) is 0 Å². The maximum absolute atomic E-state index is 13.3. The molecule has 0 fully saturated rings. The minimum atomic E-state index is -0.253. The van der Waals surface area contributed by atoms with Crippen molar-refractivity contribution >= 4 is 10.9 Å². The minimum Gasteiger partial charge on any atom is -0.454 e. The quantitative estimate of drug-likeness (QED) is 0.617. The van der Waals surface area contributed by atoms with Crippen LogP contribution in [-0.2, 0) is 6.54 Å². The maximum atomic E-state index is 13.3. The van der Waals surface area contributed by atoms with Gasteiger partial charge in [0.1, 0.15) is 5.82 Å². The number of rotatable bonds is 3. The highest BCUT2D eigenvalue weighted by Crippen LogP contribution is 2.40. The van der Waals surface area contributed by atoms with Crippen molar-refractivity contribution in [3.05, 3.63) is 66.5 Å². The van der Waals surface area contributed by atoms with Gasteiger partial charge in [-0.2, -0.15) is 0 Å². The highest BCUT2D eigenvalue weighted by molar-refractivity contribution is 5.93. The van der Waals surface area contributed by atoms with Crippen molar-refractivity contribution < 1.29 is 13.9 Å². The standard InChI is InChI=1S/C19H14FN3O2/c20-13-3-1-12(2-4-13)19-15(9-23-6-5-21-10-23)14-7-17-18(25-11-24-17)8-16(14)22-19/h1-8,10,22H,9,11H2. The van der Waals surface area contributed by atoms with E-state index < -0.39 is 0 Å². The summed E-state index contributed by atoms with van der Waals surface area (Å²) in [7, 11) is 0. The van der Waals surface area contributed by atoms with Crippen molar-refractivity contribution in [3.8, 4) is 22.8 Å². The summed E-state index contributed by atoms with van der Waals surface area (Å²) in [5.41, 5.74) is 3.93. The number of fused-ring (bicyclic) bond motifs is 2. The Morgan fingerprint density at radius 1 is 1.12 bits per heavy atom. The van der Waals surface area contributed by atoms with Gasteiger partial charge in [0.25, 0.3) is 0 Å². The summed E-state index contributed by atoms with van der Waals surface area (Å²) in [6, 6.07) is 10.4. The lowest BCUT2D eigenvalue weighted by molar-refractivity contribution is 0.174. The number of aromatic amines is 1. The zero-order chi connectivity index (χ0) is 16.8. The molecule has 25 heavy (non-hydrogen) atoms. The third-order valence-electron chi connectivity index (χ3n) is 4.43. The Morgan fingerprint density at radius 2 is 1.92 bits per heavy atom. The predicted octanol–water partition coefficient (Wildman–Crippen LogP) is 3.95. The number of aromatic nitrogens is 3. The van der Waals surface area contributed by atoms with Crippen LogP contribution in [0.3, 0.4) is 0 Å². The second kappa shape index (κ2) is 5.37. The van der Waals surface area contributed by atoms with Crippen molar-refractivity contribution in [2.24, 2.45) is 0 Å². The first-order chi connectivity index (χ1) is 12.3. The van der Waals surface area contributed by atoms with E-state index in [1.165, 1.54) is 12.1 Å². The monoisotopic (exact) mass is 335 g/mol. The summed E-state index contributed by atoms with van der Waals surface area (Å²) in [5, 5.41) is 1.05. The number of benzene rings is 2. The van der Waals surface area contributed by atoms with Gasteiger partial charge in [0.05, 0.1) is 24.1 Å². The topological polar surface area (TPSA) is 52.1 Å². The van der Waals surface area contributed by atoms with E-state index in [1.807, 2.05) is 22.9 Å². The second-order valence-electron chi connectivity index (χ2n) is 5.97. The summed E-state index contributed by atoms with van der Waals surface area (Å²) in [5.74, 6) is 1.22. The van der Waals surface area contributed by atoms with Gasteiger partial charge < -0.3 is 19.0 Å². The lowest BCUT2D eigenvalue weighted by Crippen LogP contribution is -1.98. The van der Waals surface area contributed by atoms with Crippen LogP contribution in [-0.4, -0.2) is 21.3 Å². The largest absolute Gasteiger partial charge is 0.454 e. The van der Waals surface area contributed by atoms with Crippen LogP contribution in [0.2, 0.25) is 0 Å². The molecule has 3 heterocycles. The van der Waals surface area contributed by atoms with Crippen LogP contribution in [0.5, 0.6) is 11.5 Å². The van der Waals surface area contributed by atoms with Crippen LogP contribution in [0.1, 0.15) is 5.56 Å². The number of ether oxygens (including phenoxy) is 2. The summed E-state index contributed by atoms with van der Waals surface area (Å²) in [6.07, 6.45) is 5.45. The first-order valence-electron chi connectivity index (χ1n) is 7.94. The van der Waals surface area contributed by atoms with Crippen molar-refractivity contribution in [2.45, 2.75) is 6.54 Å². The molecule has 1 aliphatic rings. The Kier molecular flexibility index (Phi) is 3.03. The fourth-order valence-corrected chi connectivity index (χ4v) is 3.23. The molecule has 0 amide bonds. The van der Waals surface area contributed by atoms with E-state index in [2.05, 4.69) is 9.97 Å². The molecule has 0 atom stereocenters. The van der Waals surface area contributed by atoms with Gasteiger partial charge in [-0.1, -0.05) is 0 Å². The zero-order valence-electron chi connectivity index (χ0n) is 13.2. The Bertz CT molecular complexity index is 1050. The second-order valence-corrected chi connectivity index (χ2v) is 5.97. The Morgan fingerprint density at radius 3 is 2.68 bits per heavy atom. The number of hydrogen-bond acceptors (Lipinski definition) is 3. The molecule has 5 rings (SSSR count). The average Bonchev–Trinajstić information content (AvgIpc) is 3.35. The van der Waals surface area contributed by atoms with Gasteiger partial charge >= 0.3 is 0 Å². The van der Waals surface area contributed by atoms with Gasteiger partial charge in [-0.05, 0) is 35.9 Å². The molecule has 6 heteroatoms. The van der Waals surface area contributed by atoms with E-state index in [9.17, 15) is 4.39 Å². The molecule has 1 aliphatic heterocycles. The van der Waals surface area contributed by atoms with E-state index >= 15 is 0 Å². The fraction of sp³-hybridized carbons (Fsp3) is 0.105. The first kappa shape index (κ1) is 14.1. The van der Waals surface area contributed by atoms with Gasteiger partial charge in [-0.15, -0.1) is 0 Å². The third kappa shape index (κ3) is 2.34. The van der Waals surface area contributed by atoms with Gasteiger partial charge in [0, 0.05) is 29.4 Å². The molecule has 0 bridgehead atoms. The van der Waals surface area contributed by atoms with Crippen molar-refractivity contribution in [1.29, 1.82) is 0 Å². The molecule has 5 nitrogen and oxygen atoms in total. The third-order valence-corrected chi connectivity index (χ3v) is 4.43. The summed E-state index contributed by atoms with van der Waals surface area (Å²) < 4.78 is 26.3. The van der Waals surface area contributed by atoms with E-state index in [-0.39, 0.29) is 12.6 Å². The molecule has 124 valence electrons. The fourth-order valence-electron chi connectivity index (χ4n) is 3.23. The Balaban J connectivity index is 1.73. The van der Waals surface area contributed by atoms with Crippen LogP contribution in [0.4, 0.5) is 4.39 Å².